The highest BCUT2D eigenvalue weighted by Crippen LogP contribution is 2.36. The van der Waals surface area contributed by atoms with Crippen molar-refractivity contribution in [2.45, 2.75) is 37.6 Å². The van der Waals surface area contributed by atoms with Crippen molar-refractivity contribution < 1.29 is 9.90 Å². The highest BCUT2D eigenvalue weighted by molar-refractivity contribution is 5.81. The van der Waals surface area contributed by atoms with Gasteiger partial charge < -0.3 is 5.11 Å². The van der Waals surface area contributed by atoms with E-state index in [1.807, 2.05) is 37.3 Å². The van der Waals surface area contributed by atoms with E-state index in [1.54, 1.807) is 0 Å². The van der Waals surface area contributed by atoms with Crippen LogP contribution in [0.25, 0.3) is 0 Å². The molecule has 1 unspecified atom stereocenters. The fraction of sp³-hybridized carbons (Fsp3) is 0.500. The van der Waals surface area contributed by atoms with E-state index < -0.39 is 11.4 Å². The quantitative estimate of drug-likeness (QED) is 0.914. The van der Waals surface area contributed by atoms with E-state index in [2.05, 4.69) is 11.0 Å². The van der Waals surface area contributed by atoms with Gasteiger partial charge in [-0.05, 0) is 24.8 Å². The zero-order valence-corrected chi connectivity index (χ0v) is 11.7. The zero-order valence-electron chi connectivity index (χ0n) is 11.7. The summed E-state index contributed by atoms with van der Waals surface area (Å²) in [6, 6.07) is 11.7. The van der Waals surface area contributed by atoms with Crippen LogP contribution in [0.5, 0.6) is 0 Å². The maximum atomic E-state index is 11.8. The smallest absolute Gasteiger partial charge is 0.314 e. The van der Waals surface area contributed by atoms with E-state index in [-0.39, 0.29) is 6.04 Å². The fourth-order valence-electron chi connectivity index (χ4n) is 3.03. The molecule has 1 aliphatic heterocycles. The van der Waals surface area contributed by atoms with Crippen molar-refractivity contribution in [3.05, 3.63) is 35.9 Å². The summed E-state index contributed by atoms with van der Waals surface area (Å²) in [6.07, 6.45) is 1.90. The average Bonchev–Trinajstić information content (AvgIpc) is 2.50. The van der Waals surface area contributed by atoms with Crippen molar-refractivity contribution in [3.63, 3.8) is 0 Å². The summed E-state index contributed by atoms with van der Waals surface area (Å²) in [5.41, 5.74) is 0.0723. The Morgan fingerprint density at radius 3 is 2.45 bits per heavy atom. The van der Waals surface area contributed by atoms with Gasteiger partial charge in [-0.15, -0.1) is 0 Å². The van der Waals surface area contributed by atoms with Crippen molar-refractivity contribution in [1.82, 2.24) is 4.90 Å². The standard InChI is InChI=1S/C16H20N2O2/c1-2-14(12-17)18-10-8-16(9-11-18,15(19)20)13-6-4-3-5-7-13/h3-7,14H,2,8-11H2,1H3,(H,19,20). The molecule has 0 spiro atoms. The number of likely N-dealkylation sites (tertiary alicyclic amines) is 1. The SMILES string of the molecule is CCC(C#N)N1CCC(C(=O)O)(c2ccccc2)CC1. The number of aliphatic carboxylic acids is 1. The molecule has 0 aromatic heterocycles. The number of carboxylic acid groups (broad SMARTS) is 1. The van der Waals surface area contributed by atoms with Crippen LogP contribution in [0.2, 0.25) is 0 Å². The predicted molar refractivity (Wildman–Crippen MR) is 76.3 cm³/mol. The summed E-state index contributed by atoms with van der Waals surface area (Å²) in [5, 5.41) is 18.8. The van der Waals surface area contributed by atoms with Gasteiger partial charge in [0.2, 0.25) is 0 Å². The Labute approximate surface area is 119 Å². The Balaban J connectivity index is 2.20. The van der Waals surface area contributed by atoms with Crippen molar-refractivity contribution >= 4 is 5.97 Å². The third-order valence-electron chi connectivity index (χ3n) is 4.36. The largest absolute Gasteiger partial charge is 0.481 e. The lowest BCUT2D eigenvalue weighted by Crippen LogP contribution is -2.49. The summed E-state index contributed by atoms with van der Waals surface area (Å²) in [5.74, 6) is -0.756. The number of carbonyl (C=O) groups is 1. The average molecular weight is 272 g/mol. The minimum atomic E-state index is -0.800. The molecule has 1 saturated heterocycles. The molecule has 1 aliphatic rings. The summed E-state index contributed by atoms with van der Waals surface area (Å²) < 4.78 is 0. The van der Waals surface area contributed by atoms with Gasteiger partial charge in [-0.1, -0.05) is 37.3 Å². The van der Waals surface area contributed by atoms with Crippen LogP contribution in [0.4, 0.5) is 0 Å². The van der Waals surface area contributed by atoms with Crippen LogP contribution in [0, 0.1) is 11.3 Å². The Kier molecular flexibility index (Phi) is 4.41. The van der Waals surface area contributed by atoms with Crippen molar-refractivity contribution in [2.75, 3.05) is 13.1 Å². The first-order valence-corrected chi connectivity index (χ1v) is 7.06. The van der Waals surface area contributed by atoms with Gasteiger partial charge in [0.25, 0.3) is 0 Å². The Morgan fingerprint density at radius 1 is 1.40 bits per heavy atom. The van der Waals surface area contributed by atoms with Crippen molar-refractivity contribution in [1.29, 1.82) is 5.26 Å². The van der Waals surface area contributed by atoms with E-state index in [0.29, 0.717) is 25.9 Å². The number of rotatable bonds is 4. The van der Waals surface area contributed by atoms with Gasteiger partial charge in [0.15, 0.2) is 0 Å². The van der Waals surface area contributed by atoms with Crippen LogP contribution in [-0.4, -0.2) is 35.1 Å². The highest BCUT2D eigenvalue weighted by Gasteiger charge is 2.43. The summed E-state index contributed by atoms with van der Waals surface area (Å²) in [6.45, 7) is 3.31. The molecule has 1 aromatic carbocycles. The third-order valence-corrected chi connectivity index (χ3v) is 4.36. The van der Waals surface area contributed by atoms with Crippen LogP contribution in [0.15, 0.2) is 30.3 Å². The molecule has 1 fully saturated rings. The maximum absolute atomic E-state index is 11.8. The number of hydrogen-bond acceptors (Lipinski definition) is 3. The van der Waals surface area contributed by atoms with Crippen LogP contribution in [0.3, 0.4) is 0 Å². The molecule has 0 aliphatic carbocycles. The van der Waals surface area contributed by atoms with Gasteiger partial charge in [0.05, 0.1) is 17.5 Å². The molecule has 1 N–H and O–H groups in total. The zero-order chi connectivity index (χ0) is 14.6. The molecule has 2 rings (SSSR count). The highest BCUT2D eigenvalue weighted by atomic mass is 16.4. The van der Waals surface area contributed by atoms with Gasteiger partial charge in [-0.2, -0.15) is 5.26 Å². The first kappa shape index (κ1) is 14.5. The Morgan fingerprint density at radius 2 is 2.00 bits per heavy atom. The molecule has 0 amide bonds. The molecule has 20 heavy (non-hydrogen) atoms. The normalized spacial score (nSPS) is 20.0. The molecule has 106 valence electrons. The number of benzene rings is 1. The molecule has 0 radical (unpaired) electrons. The van der Waals surface area contributed by atoms with E-state index in [9.17, 15) is 9.90 Å². The first-order chi connectivity index (χ1) is 9.64. The predicted octanol–water partition coefficient (Wildman–Crippen LogP) is 2.41. The minimum Gasteiger partial charge on any atom is -0.481 e. The maximum Gasteiger partial charge on any atom is 0.314 e. The van der Waals surface area contributed by atoms with Gasteiger partial charge in [-0.3, -0.25) is 9.69 Å². The number of nitriles is 1. The van der Waals surface area contributed by atoms with E-state index in [0.717, 1.165) is 12.0 Å². The van der Waals surface area contributed by atoms with Crippen LogP contribution < -0.4 is 0 Å². The van der Waals surface area contributed by atoms with Gasteiger partial charge in [-0.25, -0.2) is 0 Å². The number of hydrogen-bond donors (Lipinski definition) is 1. The van der Waals surface area contributed by atoms with Crippen molar-refractivity contribution in [3.8, 4) is 6.07 Å². The van der Waals surface area contributed by atoms with E-state index in [1.165, 1.54) is 0 Å². The van der Waals surface area contributed by atoms with E-state index >= 15 is 0 Å². The van der Waals surface area contributed by atoms with Crippen LogP contribution >= 0.6 is 0 Å². The summed E-state index contributed by atoms with van der Waals surface area (Å²) in [4.78, 5) is 13.9. The number of carboxylic acids is 1. The lowest BCUT2D eigenvalue weighted by atomic mass is 9.72. The molecule has 1 aromatic rings. The second-order valence-electron chi connectivity index (χ2n) is 5.34. The number of piperidine rings is 1. The Hall–Kier alpha value is -1.86. The third kappa shape index (κ3) is 2.54. The topological polar surface area (TPSA) is 64.3 Å². The fourth-order valence-corrected chi connectivity index (χ4v) is 3.03. The molecule has 4 nitrogen and oxygen atoms in total. The first-order valence-electron chi connectivity index (χ1n) is 7.06. The molecule has 1 atom stereocenters. The van der Waals surface area contributed by atoms with Crippen molar-refractivity contribution in [2.24, 2.45) is 0 Å². The van der Waals surface area contributed by atoms with Crippen LogP contribution in [0.1, 0.15) is 31.7 Å². The molecule has 4 heteroatoms. The molecular weight excluding hydrogens is 252 g/mol. The monoisotopic (exact) mass is 272 g/mol. The van der Waals surface area contributed by atoms with Gasteiger partial charge in [0, 0.05) is 13.1 Å². The second kappa shape index (κ2) is 6.06. The second-order valence-corrected chi connectivity index (χ2v) is 5.34. The van der Waals surface area contributed by atoms with Gasteiger partial charge in [0.1, 0.15) is 0 Å². The lowest BCUT2D eigenvalue weighted by Gasteiger charge is -2.40. The minimum absolute atomic E-state index is 0.0995. The Bertz CT molecular complexity index is 499. The van der Waals surface area contributed by atoms with E-state index in [4.69, 9.17) is 5.26 Å². The summed E-state index contributed by atoms with van der Waals surface area (Å²) in [7, 11) is 0. The molecular formula is C16H20N2O2. The lowest BCUT2D eigenvalue weighted by molar-refractivity contribution is -0.146. The summed E-state index contributed by atoms with van der Waals surface area (Å²) >= 11 is 0. The number of nitrogens with zero attached hydrogens (tertiary/aromatic N) is 2. The van der Waals surface area contributed by atoms with Gasteiger partial charge >= 0.3 is 5.97 Å². The molecule has 0 bridgehead atoms. The van der Waals surface area contributed by atoms with Crippen LogP contribution in [-0.2, 0) is 10.2 Å². The molecule has 0 saturated carbocycles. The molecule has 1 heterocycles.